The largest absolute Gasteiger partial charge is 0.497 e. The molecular weight excluding hydrogens is 474 g/mol. The summed E-state index contributed by atoms with van der Waals surface area (Å²) in [4.78, 5) is 25.0. The van der Waals surface area contributed by atoms with E-state index >= 15 is 0 Å². The number of methoxy groups -OCH3 is 1. The van der Waals surface area contributed by atoms with E-state index in [4.69, 9.17) is 9.73 Å². The first-order valence-electron chi connectivity index (χ1n) is 12.0. The van der Waals surface area contributed by atoms with Gasteiger partial charge in [-0.3, -0.25) is 9.69 Å². The van der Waals surface area contributed by atoms with Crippen molar-refractivity contribution in [2.24, 2.45) is 4.99 Å². The molecule has 178 valence electrons. The van der Waals surface area contributed by atoms with Crippen molar-refractivity contribution >= 4 is 56.7 Å². The summed E-state index contributed by atoms with van der Waals surface area (Å²) >= 11 is 3.16. The maximum Gasteiger partial charge on any atom is 0.269 e. The van der Waals surface area contributed by atoms with Gasteiger partial charge in [-0.15, -0.1) is 0 Å². The highest BCUT2D eigenvalue weighted by molar-refractivity contribution is 8.19. The van der Waals surface area contributed by atoms with Gasteiger partial charge in [-0.2, -0.15) is 0 Å². The lowest BCUT2D eigenvalue weighted by atomic mass is 9.94. The topological polar surface area (TPSA) is 45.1 Å². The van der Waals surface area contributed by atoms with E-state index in [2.05, 4.69) is 35.2 Å². The summed E-state index contributed by atoms with van der Waals surface area (Å²) in [6.07, 6.45) is 5.63. The van der Waals surface area contributed by atoms with E-state index in [1.54, 1.807) is 18.9 Å². The predicted molar refractivity (Wildman–Crippen MR) is 147 cm³/mol. The Morgan fingerprint density at radius 2 is 1.74 bits per heavy atom. The molecule has 7 heteroatoms. The minimum absolute atomic E-state index is 0.0792. The van der Waals surface area contributed by atoms with Gasteiger partial charge in [0.1, 0.15) is 10.7 Å². The maximum absolute atomic E-state index is 13.9. The Bertz CT molecular complexity index is 1380. The van der Waals surface area contributed by atoms with E-state index in [-0.39, 0.29) is 11.9 Å². The number of ether oxygens (including phenoxy) is 1. The molecule has 0 aromatic heterocycles. The van der Waals surface area contributed by atoms with E-state index in [0.29, 0.717) is 0 Å². The molecule has 2 heterocycles. The third-order valence-electron chi connectivity index (χ3n) is 6.94. The number of amides is 1. The molecule has 0 atom stereocenters. The van der Waals surface area contributed by atoms with Gasteiger partial charge in [0.05, 0.1) is 23.5 Å². The molecule has 0 N–H and O–H groups in total. The number of hydrogen-bond donors (Lipinski definition) is 0. The van der Waals surface area contributed by atoms with Crippen molar-refractivity contribution in [3.05, 3.63) is 70.6 Å². The van der Waals surface area contributed by atoms with Crippen LogP contribution in [0, 0.1) is 0 Å². The third kappa shape index (κ3) is 4.10. The van der Waals surface area contributed by atoms with Crippen LogP contribution in [0.5, 0.6) is 5.75 Å². The third-order valence-corrected chi connectivity index (χ3v) is 9.35. The lowest BCUT2D eigenvalue weighted by Crippen LogP contribution is -2.40. The summed E-state index contributed by atoms with van der Waals surface area (Å²) in [6.45, 7) is 0. The zero-order valence-electron chi connectivity index (χ0n) is 19.9. The Labute approximate surface area is 214 Å². The molecule has 1 aliphatic carbocycles. The molecule has 0 radical (unpaired) electrons. The maximum atomic E-state index is 13.9. The fourth-order valence-corrected chi connectivity index (χ4v) is 7.45. The second-order valence-electron chi connectivity index (χ2n) is 9.12. The number of anilines is 1. The highest BCUT2D eigenvalue weighted by atomic mass is 32.2. The zero-order chi connectivity index (χ0) is 23.9. The lowest BCUT2D eigenvalue weighted by molar-refractivity contribution is -0.124. The standard InChI is InChI=1S/C28H27N3O2S2/c1-30-23-17-22(33-2)14-15-24(23)34-27(30)25-26(32)31(21-10-4-3-5-11-21)28(35-25)29-20-13-12-18-8-6-7-9-19(18)16-20/h6-9,12-17,21H,3-5,10-11H2,1-2H3. The molecular formula is C28H27N3O2S2. The van der Waals surface area contributed by atoms with Crippen molar-refractivity contribution < 1.29 is 9.53 Å². The van der Waals surface area contributed by atoms with Crippen molar-refractivity contribution in [3.8, 4) is 5.75 Å². The highest BCUT2D eigenvalue weighted by Gasteiger charge is 2.42. The molecule has 35 heavy (non-hydrogen) atoms. The molecule has 3 aromatic rings. The van der Waals surface area contributed by atoms with Gasteiger partial charge in [0.2, 0.25) is 0 Å². The first-order valence-corrected chi connectivity index (χ1v) is 13.7. The number of rotatable bonds is 3. The van der Waals surface area contributed by atoms with Gasteiger partial charge in [-0.1, -0.05) is 61.4 Å². The Kier molecular flexibility index (Phi) is 5.98. The van der Waals surface area contributed by atoms with Gasteiger partial charge in [-0.05, 0) is 59.6 Å². The van der Waals surface area contributed by atoms with Gasteiger partial charge in [0, 0.05) is 24.1 Å². The summed E-state index contributed by atoms with van der Waals surface area (Å²) in [5.74, 6) is 0.894. The summed E-state index contributed by atoms with van der Waals surface area (Å²) < 4.78 is 5.43. The molecule has 2 fully saturated rings. The molecule has 1 amide bonds. The second kappa shape index (κ2) is 9.28. The van der Waals surface area contributed by atoms with E-state index < -0.39 is 0 Å². The van der Waals surface area contributed by atoms with Gasteiger partial charge in [-0.25, -0.2) is 4.99 Å². The van der Waals surface area contributed by atoms with Crippen LogP contribution in [0.1, 0.15) is 32.1 Å². The predicted octanol–water partition coefficient (Wildman–Crippen LogP) is 7.16. The SMILES string of the molecule is COc1ccc2c(c1)N(C)C(=C1SC(=Nc3ccc4ccccc4c3)N(C3CCCCC3)C1=O)S2. The van der Waals surface area contributed by atoms with Crippen LogP contribution >= 0.6 is 23.5 Å². The monoisotopic (exact) mass is 501 g/mol. The number of nitrogens with zero attached hydrogens (tertiary/aromatic N) is 3. The minimum Gasteiger partial charge on any atom is -0.497 e. The minimum atomic E-state index is 0.0792. The molecule has 2 aliphatic heterocycles. The molecule has 0 unspecified atom stereocenters. The van der Waals surface area contributed by atoms with Crippen LogP contribution in [0.2, 0.25) is 0 Å². The lowest BCUT2D eigenvalue weighted by Gasteiger charge is -2.30. The number of amidine groups is 1. The Morgan fingerprint density at radius 1 is 0.943 bits per heavy atom. The van der Waals surface area contributed by atoms with Crippen LogP contribution in [-0.2, 0) is 4.79 Å². The molecule has 5 nitrogen and oxygen atoms in total. The van der Waals surface area contributed by atoms with Crippen molar-refractivity contribution in [1.82, 2.24) is 4.90 Å². The van der Waals surface area contributed by atoms with Crippen LogP contribution < -0.4 is 9.64 Å². The molecule has 1 saturated carbocycles. The molecule has 3 aromatic carbocycles. The Morgan fingerprint density at radius 3 is 2.54 bits per heavy atom. The number of thioether (sulfide) groups is 2. The number of benzene rings is 3. The Hall–Kier alpha value is -2.90. The van der Waals surface area contributed by atoms with Crippen LogP contribution in [0.3, 0.4) is 0 Å². The van der Waals surface area contributed by atoms with Crippen LogP contribution in [0.25, 0.3) is 10.8 Å². The molecule has 6 rings (SSSR count). The summed E-state index contributed by atoms with van der Waals surface area (Å²) in [5, 5.41) is 4.10. The van der Waals surface area contributed by atoms with Crippen molar-refractivity contribution in [2.45, 2.75) is 43.0 Å². The Balaban J connectivity index is 1.41. The van der Waals surface area contributed by atoms with Crippen molar-refractivity contribution in [3.63, 3.8) is 0 Å². The molecule has 0 bridgehead atoms. The average Bonchev–Trinajstić information content (AvgIpc) is 3.39. The highest BCUT2D eigenvalue weighted by Crippen LogP contribution is 2.51. The van der Waals surface area contributed by atoms with Crippen LogP contribution in [0.15, 0.2) is 80.5 Å². The van der Waals surface area contributed by atoms with Gasteiger partial charge in [0.25, 0.3) is 5.91 Å². The number of carbonyl (C=O) groups is 1. The average molecular weight is 502 g/mol. The summed E-state index contributed by atoms with van der Waals surface area (Å²) in [7, 11) is 3.70. The van der Waals surface area contributed by atoms with Crippen molar-refractivity contribution in [2.75, 3.05) is 19.1 Å². The molecule has 0 spiro atoms. The second-order valence-corrected chi connectivity index (χ2v) is 11.1. The van der Waals surface area contributed by atoms with Crippen LogP contribution in [0.4, 0.5) is 11.4 Å². The van der Waals surface area contributed by atoms with E-state index in [1.807, 2.05) is 42.3 Å². The first kappa shape index (κ1) is 22.6. The van der Waals surface area contributed by atoms with Crippen LogP contribution in [-0.4, -0.2) is 36.2 Å². The summed E-state index contributed by atoms with van der Waals surface area (Å²) in [6, 6.07) is 20.8. The quantitative estimate of drug-likeness (QED) is 0.357. The van der Waals surface area contributed by atoms with Gasteiger partial charge >= 0.3 is 0 Å². The summed E-state index contributed by atoms with van der Waals surface area (Å²) in [5.41, 5.74) is 1.95. The number of fused-ring (bicyclic) bond motifs is 2. The molecule has 1 saturated heterocycles. The van der Waals surface area contributed by atoms with E-state index in [0.717, 1.165) is 68.2 Å². The zero-order valence-corrected chi connectivity index (χ0v) is 21.5. The first-order chi connectivity index (χ1) is 17.1. The smallest absolute Gasteiger partial charge is 0.269 e. The normalized spacial score (nSPS) is 21.9. The van der Waals surface area contributed by atoms with Gasteiger partial charge in [0.15, 0.2) is 5.17 Å². The fourth-order valence-electron chi connectivity index (χ4n) is 5.06. The number of carbonyl (C=O) groups excluding carboxylic acids is 1. The number of aliphatic imine (C=N–C) groups is 1. The molecule has 3 aliphatic rings. The number of hydrogen-bond acceptors (Lipinski definition) is 6. The van der Waals surface area contributed by atoms with Gasteiger partial charge < -0.3 is 9.64 Å². The fraction of sp³-hybridized carbons (Fsp3) is 0.286. The van der Waals surface area contributed by atoms with Crippen molar-refractivity contribution in [1.29, 1.82) is 0 Å². The van der Waals surface area contributed by atoms with E-state index in [1.165, 1.54) is 23.6 Å². The van der Waals surface area contributed by atoms with E-state index in [9.17, 15) is 4.79 Å².